The van der Waals surface area contributed by atoms with Crippen molar-refractivity contribution >= 4 is 23.0 Å². The minimum absolute atomic E-state index is 0.0398. The van der Waals surface area contributed by atoms with Gasteiger partial charge in [0.25, 0.3) is 5.69 Å². The zero-order chi connectivity index (χ0) is 15.2. The maximum Gasteiger partial charge on any atom is 0.273 e. The second kappa shape index (κ2) is 6.92. The second-order valence-electron chi connectivity index (χ2n) is 5.05. The average Bonchev–Trinajstić information content (AvgIpc) is 3.28. The van der Waals surface area contributed by atoms with Crippen LogP contribution in [0.3, 0.4) is 0 Å². The van der Waals surface area contributed by atoms with E-state index in [9.17, 15) is 14.9 Å². The molecule has 0 atom stereocenters. The minimum atomic E-state index is -0.416. The van der Waals surface area contributed by atoms with E-state index in [0.29, 0.717) is 31.0 Å². The Morgan fingerprint density at radius 1 is 1.24 bits per heavy atom. The number of hydrogen-bond donors (Lipinski definition) is 3. The highest BCUT2D eigenvalue weighted by molar-refractivity contribution is 5.80. The number of hydrogen-bond acceptors (Lipinski definition) is 5. The van der Waals surface area contributed by atoms with Crippen LogP contribution in [0.4, 0.5) is 17.1 Å². The van der Waals surface area contributed by atoms with Crippen molar-refractivity contribution in [3.05, 3.63) is 28.3 Å². The van der Waals surface area contributed by atoms with Gasteiger partial charge < -0.3 is 16.0 Å². The molecule has 0 bridgehead atoms. The van der Waals surface area contributed by atoms with Gasteiger partial charge in [-0.25, -0.2) is 0 Å². The van der Waals surface area contributed by atoms with Gasteiger partial charge in [-0.2, -0.15) is 0 Å². The van der Waals surface area contributed by atoms with Crippen molar-refractivity contribution in [1.82, 2.24) is 5.32 Å². The Labute approximate surface area is 123 Å². The third kappa shape index (κ3) is 4.62. The van der Waals surface area contributed by atoms with Crippen molar-refractivity contribution in [2.24, 2.45) is 5.92 Å². The molecular weight excluding hydrogens is 272 g/mol. The fourth-order valence-corrected chi connectivity index (χ4v) is 2.01. The lowest BCUT2D eigenvalue weighted by Crippen LogP contribution is -2.29. The van der Waals surface area contributed by atoms with Crippen LogP contribution in [0.5, 0.6) is 0 Å². The van der Waals surface area contributed by atoms with E-state index in [-0.39, 0.29) is 17.5 Å². The molecule has 0 saturated heterocycles. The van der Waals surface area contributed by atoms with Crippen LogP contribution in [-0.4, -0.2) is 30.5 Å². The van der Waals surface area contributed by atoms with Crippen LogP contribution in [0.15, 0.2) is 18.2 Å². The van der Waals surface area contributed by atoms with Gasteiger partial charge in [-0.15, -0.1) is 0 Å². The predicted octanol–water partition coefficient (Wildman–Crippen LogP) is 1.96. The lowest BCUT2D eigenvalue weighted by atomic mass is 10.2. The highest BCUT2D eigenvalue weighted by Crippen LogP contribution is 2.28. The summed E-state index contributed by atoms with van der Waals surface area (Å²) in [5.41, 5.74) is 1.41. The standard InChI is InChI=1S/C14H20N4O3/c1-2-15-11-7-12(9-13(8-11)18(20)21)16-5-6-17-14(19)10-3-4-10/h7-10,15-16H,2-6H2,1H3,(H,17,19). The van der Waals surface area contributed by atoms with Crippen molar-refractivity contribution in [2.45, 2.75) is 19.8 Å². The number of nitro benzene ring substituents is 1. The largest absolute Gasteiger partial charge is 0.385 e. The van der Waals surface area contributed by atoms with Gasteiger partial charge in [-0.3, -0.25) is 14.9 Å². The molecule has 0 spiro atoms. The Kier molecular flexibility index (Phi) is 4.97. The van der Waals surface area contributed by atoms with Crippen LogP contribution in [0.25, 0.3) is 0 Å². The second-order valence-corrected chi connectivity index (χ2v) is 5.05. The molecule has 1 fully saturated rings. The van der Waals surface area contributed by atoms with Gasteiger partial charge in [0.05, 0.1) is 4.92 Å². The number of rotatable bonds is 8. The van der Waals surface area contributed by atoms with E-state index in [1.54, 1.807) is 0 Å². The van der Waals surface area contributed by atoms with Gasteiger partial charge in [-0.05, 0) is 25.8 Å². The molecule has 7 heteroatoms. The van der Waals surface area contributed by atoms with Gasteiger partial charge in [-0.1, -0.05) is 0 Å². The molecule has 0 unspecified atom stereocenters. The van der Waals surface area contributed by atoms with Gasteiger partial charge in [0.15, 0.2) is 0 Å². The number of nitrogens with zero attached hydrogens (tertiary/aromatic N) is 1. The van der Waals surface area contributed by atoms with E-state index in [2.05, 4.69) is 16.0 Å². The lowest BCUT2D eigenvalue weighted by Gasteiger charge is -2.10. The van der Waals surface area contributed by atoms with Gasteiger partial charge in [0, 0.05) is 49.1 Å². The third-order valence-electron chi connectivity index (χ3n) is 3.21. The Morgan fingerprint density at radius 3 is 2.48 bits per heavy atom. The highest BCUT2D eigenvalue weighted by Gasteiger charge is 2.28. The molecule has 0 radical (unpaired) electrons. The molecule has 21 heavy (non-hydrogen) atoms. The Hall–Kier alpha value is -2.31. The molecule has 1 aliphatic rings. The number of carbonyl (C=O) groups is 1. The molecule has 114 valence electrons. The first kappa shape index (κ1) is 15.1. The number of nitrogens with one attached hydrogen (secondary N) is 3. The number of non-ortho nitro benzene ring substituents is 1. The molecule has 1 aromatic rings. The Balaban J connectivity index is 1.88. The van der Waals surface area contributed by atoms with Gasteiger partial charge in [0.1, 0.15) is 0 Å². The van der Waals surface area contributed by atoms with E-state index >= 15 is 0 Å². The number of benzene rings is 1. The number of amides is 1. The summed E-state index contributed by atoms with van der Waals surface area (Å²) >= 11 is 0. The first-order chi connectivity index (χ1) is 10.1. The molecule has 1 amide bonds. The SMILES string of the molecule is CCNc1cc(NCCNC(=O)C2CC2)cc([N+](=O)[O-])c1. The molecule has 0 aromatic heterocycles. The zero-order valence-electron chi connectivity index (χ0n) is 12.0. The van der Waals surface area contributed by atoms with Crippen molar-refractivity contribution in [3.63, 3.8) is 0 Å². The van der Waals surface area contributed by atoms with Crippen LogP contribution in [0.1, 0.15) is 19.8 Å². The molecule has 0 aliphatic heterocycles. The molecule has 0 heterocycles. The zero-order valence-corrected chi connectivity index (χ0v) is 12.0. The molecule has 1 aromatic carbocycles. The molecule has 1 aliphatic carbocycles. The maximum absolute atomic E-state index is 11.5. The normalized spacial score (nSPS) is 13.6. The Bertz CT molecular complexity index is 529. The van der Waals surface area contributed by atoms with E-state index < -0.39 is 4.92 Å². The summed E-state index contributed by atoms with van der Waals surface area (Å²) in [6, 6.07) is 4.81. The van der Waals surface area contributed by atoms with E-state index in [0.717, 1.165) is 12.8 Å². The molecule has 2 rings (SSSR count). The first-order valence-corrected chi connectivity index (χ1v) is 7.15. The Morgan fingerprint density at radius 2 is 1.90 bits per heavy atom. The quantitative estimate of drug-likeness (QED) is 0.387. The molecule has 3 N–H and O–H groups in total. The monoisotopic (exact) mass is 292 g/mol. The summed E-state index contributed by atoms with van der Waals surface area (Å²) in [6.45, 7) is 3.66. The van der Waals surface area contributed by atoms with Crippen LogP contribution >= 0.6 is 0 Å². The first-order valence-electron chi connectivity index (χ1n) is 7.15. The average molecular weight is 292 g/mol. The van der Waals surface area contributed by atoms with Crippen molar-refractivity contribution in [2.75, 3.05) is 30.3 Å². The number of anilines is 2. The number of carbonyl (C=O) groups excluding carboxylic acids is 1. The molecular formula is C14H20N4O3. The van der Waals surface area contributed by atoms with Crippen molar-refractivity contribution in [3.8, 4) is 0 Å². The smallest absolute Gasteiger partial charge is 0.273 e. The molecule has 7 nitrogen and oxygen atoms in total. The maximum atomic E-state index is 11.5. The topological polar surface area (TPSA) is 96.3 Å². The lowest BCUT2D eigenvalue weighted by molar-refractivity contribution is -0.384. The summed E-state index contributed by atoms with van der Waals surface area (Å²) in [6.07, 6.45) is 1.96. The van der Waals surface area contributed by atoms with Crippen LogP contribution in [-0.2, 0) is 4.79 Å². The number of nitro groups is 1. The third-order valence-corrected chi connectivity index (χ3v) is 3.21. The fraction of sp³-hybridized carbons (Fsp3) is 0.500. The van der Waals surface area contributed by atoms with Crippen LogP contribution in [0, 0.1) is 16.0 Å². The van der Waals surface area contributed by atoms with Gasteiger partial charge in [0.2, 0.25) is 5.91 Å². The summed E-state index contributed by atoms with van der Waals surface area (Å²) in [4.78, 5) is 21.9. The minimum Gasteiger partial charge on any atom is -0.385 e. The van der Waals surface area contributed by atoms with E-state index in [1.807, 2.05) is 13.0 Å². The van der Waals surface area contributed by atoms with Crippen LogP contribution in [0.2, 0.25) is 0 Å². The van der Waals surface area contributed by atoms with Gasteiger partial charge >= 0.3 is 0 Å². The summed E-state index contributed by atoms with van der Waals surface area (Å²) < 4.78 is 0. The van der Waals surface area contributed by atoms with E-state index in [4.69, 9.17) is 0 Å². The van der Waals surface area contributed by atoms with Crippen LogP contribution < -0.4 is 16.0 Å². The van der Waals surface area contributed by atoms with E-state index in [1.165, 1.54) is 12.1 Å². The highest BCUT2D eigenvalue weighted by atomic mass is 16.6. The fourth-order valence-electron chi connectivity index (χ4n) is 2.01. The summed E-state index contributed by atoms with van der Waals surface area (Å²) in [7, 11) is 0. The predicted molar refractivity (Wildman–Crippen MR) is 81.5 cm³/mol. The summed E-state index contributed by atoms with van der Waals surface area (Å²) in [5, 5.41) is 19.9. The van der Waals surface area contributed by atoms with Crippen molar-refractivity contribution < 1.29 is 9.72 Å². The van der Waals surface area contributed by atoms with Crippen molar-refractivity contribution in [1.29, 1.82) is 0 Å². The molecule has 1 saturated carbocycles. The summed E-state index contributed by atoms with van der Waals surface area (Å²) in [5.74, 6) is 0.298.